The Morgan fingerprint density at radius 3 is 2.76 bits per heavy atom. The summed E-state index contributed by atoms with van der Waals surface area (Å²) in [4.78, 5) is 15.1. The van der Waals surface area contributed by atoms with Gasteiger partial charge in [0.2, 0.25) is 0 Å². The Morgan fingerprint density at radius 1 is 1.19 bits per heavy atom. The van der Waals surface area contributed by atoms with Crippen molar-refractivity contribution in [1.29, 1.82) is 0 Å². The van der Waals surface area contributed by atoms with Gasteiger partial charge >= 0.3 is 0 Å². The van der Waals surface area contributed by atoms with Crippen LogP contribution in [0.2, 0.25) is 0 Å². The summed E-state index contributed by atoms with van der Waals surface area (Å²) in [7, 11) is 3.17. The number of benzene rings is 1. The molecule has 114 valence electrons. The SMILES string of the molecule is COc1cccc(C(=O)N2C3CCNCC2CC3)c1OC. The molecule has 2 heterocycles. The van der Waals surface area contributed by atoms with Crippen LogP contribution in [0.15, 0.2) is 18.2 Å². The van der Waals surface area contributed by atoms with E-state index in [-0.39, 0.29) is 5.91 Å². The van der Waals surface area contributed by atoms with E-state index in [9.17, 15) is 4.79 Å². The molecule has 3 rings (SSSR count). The fourth-order valence-corrected chi connectivity index (χ4v) is 3.51. The van der Waals surface area contributed by atoms with Crippen molar-refractivity contribution < 1.29 is 14.3 Å². The van der Waals surface area contributed by atoms with E-state index in [0.29, 0.717) is 29.1 Å². The van der Waals surface area contributed by atoms with Crippen LogP contribution >= 0.6 is 0 Å². The Bertz CT molecular complexity index is 518. The molecule has 0 spiro atoms. The molecule has 1 N–H and O–H groups in total. The lowest BCUT2D eigenvalue weighted by molar-refractivity contribution is 0.0676. The largest absolute Gasteiger partial charge is 0.493 e. The second kappa shape index (κ2) is 5.93. The van der Waals surface area contributed by atoms with Crippen LogP contribution in [0, 0.1) is 0 Å². The number of nitrogens with zero attached hydrogens (tertiary/aromatic N) is 1. The van der Waals surface area contributed by atoms with Gasteiger partial charge in [0.05, 0.1) is 19.8 Å². The van der Waals surface area contributed by atoms with Gasteiger partial charge in [0.1, 0.15) is 0 Å². The minimum atomic E-state index is 0.0574. The fraction of sp³-hybridized carbons (Fsp3) is 0.562. The van der Waals surface area contributed by atoms with Crippen molar-refractivity contribution in [3.05, 3.63) is 23.8 Å². The minimum Gasteiger partial charge on any atom is -0.493 e. The van der Waals surface area contributed by atoms with Crippen molar-refractivity contribution in [3.8, 4) is 11.5 Å². The van der Waals surface area contributed by atoms with E-state index in [1.54, 1.807) is 14.2 Å². The van der Waals surface area contributed by atoms with Gasteiger partial charge in [-0.05, 0) is 37.9 Å². The van der Waals surface area contributed by atoms with Crippen molar-refractivity contribution in [2.24, 2.45) is 0 Å². The monoisotopic (exact) mass is 290 g/mol. The fourth-order valence-electron chi connectivity index (χ4n) is 3.51. The van der Waals surface area contributed by atoms with Gasteiger partial charge in [0.25, 0.3) is 5.91 Å². The van der Waals surface area contributed by atoms with Gasteiger partial charge in [-0.25, -0.2) is 0 Å². The molecule has 21 heavy (non-hydrogen) atoms. The number of hydrogen-bond acceptors (Lipinski definition) is 4. The number of amides is 1. The minimum absolute atomic E-state index is 0.0574. The molecule has 2 saturated heterocycles. The molecule has 2 unspecified atom stereocenters. The Labute approximate surface area is 125 Å². The van der Waals surface area contributed by atoms with Gasteiger partial charge in [-0.1, -0.05) is 6.07 Å². The second-order valence-electron chi connectivity index (χ2n) is 5.63. The van der Waals surface area contributed by atoms with E-state index in [1.165, 1.54) is 0 Å². The van der Waals surface area contributed by atoms with Gasteiger partial charge in [-0.3, -0.25) is 4.79 Å². The predicted octanol–water partition coefficient (Wildman–Crippen LogP) is 1.67. The maximum Gasteiger partial charge on any atom is 0.258 e. The summed E-state index contributed by atoms with van der Waals surface area (Å²) < 4.78 is 10.7. The number of carbonyl (C=O) groups excluding carboxylic acids is 1. The van der Waals surface area contributed by atoms with Crippen molar-refractivity contribution in [2.45, 2.75) is 31.3 Å². The maximum atomic E-state index is 13.0. The summed E-state index contributed by atoms with van der Waals surface area (Å²) in [6.45, 7) is 1.87. The lowest BCUT2D eigenvalue weighted by Gasteiger charge is -2.28. The first kappa shape index (κ1) is 14.2. The number of methoxy groups -OCH3 is 2. The Balaban J connectivity index is 1.95. The van der Waals surface area contributed by atoms with Crippen molar-refractivity contribution in [3.63, 3.8) is 0 Å². The van der Waals surface area contributed by atoms with E-state index in [0.717, 1.165) is 32.4 Å². The molecule has 2 aliphatic heterocycles. The quantitative estimate of drug-likeness (QED) is 0.920. The van der Waals surface area contributed by atoms with Gasteiger partial charge in [0.15, 0.2) is 11.5 Å². The molecule has 0 aliphatic carbocycles. The number of ether oxygens (including phenoxy) is 2. The average Bonchev–Trinajstić information content (AvgIpc) is 2.78. The number of nitrogens with one attached hydrogen (secondary N) is 1. The number of hydrogen-bond donors (Lipinski definition) is 1. The van der Waals surface area contributed by atoms with Crippen LogP contribution in [0.3, 0.4) is 0 Å². The zero-order chi connectivity index (χ0) is 14.8. The zero-order valence-electron chi connectivity index (χ0n) is 12.6. The Morgan fingerprint density at radius 2 is 2.00 bits per heavy atom. The summed E-state index contributed by atoms with van der Waals surface area (Å²) in [5.41, 5.74) is 0.593. The molecule has 1 aromatic carbocycles. The molecule has 5 heteroatoms. The lowest BCUT2D eigenvalue weighted by atomic mass is 10.1. The van der Waals surface area contributed by atoms with E-state index in [4.69, 9.17) is 9.47 Å². The van der Waals surface area contributed by atoms with Crippen molar-refractivity contribution >= 4 is 5.91 Å². The van der Waals surface area contributed by atoms with Gasteiger partial charge < -0.3 is 19.7 Å². The third-order valence-corrected chi connectivity index (χ3v) is 4.52. The highest BCUT2D eigenvalue weighted by atomic mass is 16.5. The zero-order valence-corrected chi connectivity index (χ0v) is 12.6. The van der Waals surface area contributed by atoms with Crippen LogP contribution < -0.4 is 14.8 Å². The molecule has 1 amide bonds. The van der Waals surface area contributed by atoms with Gasteiger partial charge in [-0.2, -0.15) is 0 Å². The smallest absolute Gasteiger partial charge is 0.258 e. The van der Waals surface area contributed by atoms with Crippen LogP contribution in [0.4, 0.5) is 0 Å². The standard InChI is InChI=1S/C16H22N2O3/c1-20-14-5-3-4-13(15(14)21-2)16(19)18-11-6-7-12(18)10-17-9-8-11/h3-5,11-12,17H,6-10H2,1-2H3. The summed E-state index contributed by atoms with van der Waals surface area (Å²) in [5, 5.41) is 3.42. The van der Waals surface area contributed by atoms with Gasteiger partial charge in [-0.15, -0.1) is 0 Å². The van der Waals surface area contributed by atoms with Gasteiger partial charge in [0, 0.05) is 18.6 Å². The number of rotatable bonds is 3. The van der Waals surface area contributed by atoms with Crippen LogP contribution in [0.5, 0.6) is 11.5 Å². The molecular formula is C16H22N2O3. The van der Waals surface area contributed by atoms with Crippen molar-refractivity contribution in [1.82, 2.24) is 10.2 Å². The second-order valence-corrected chi connectivity index (χ2v) is 5.63. The molecule has 5 nitrogen and oxygen atoms in total. The summed E-state index contributed by atoms with van der Waals surface area (Å²) in [5.74, 6) is 1.19. The first-order valence-corrected chi connectivity index (χ1v) is 7.50. The van der Waals surface area contributed by atoms with Crippen LogP contribution in [-0.2, 0) is 0 Å². The molecule has 2 aliphatic rings. The molecule has 0 radical (unpaired) electrons. The summed E-state index contributed by atoms with van der Waals surface area (Å²) >= 11 is 0. The molecule has 2 fully saturated rings. The van der Waals surface area contributed by atoms with E-state index in [1.807, 2.05) is 18.2 Å². The Kier molecular flexibility index (Phi) is 4.01. The highest BCUT2D eigenvalue weighted by Gasteiger charge is 2.39. The normalized spacial score (nSPS) is 24.6. The first-order chi connectivity index (χ1) is 10.3. The van der Waals surface area contributed by atoms with Crippen molar-refractivity contribution in [2.75, 3.05) is 27.3 Å². The summed E-state index contributed by atoms with van der Waals surface area (Å²) in [6.07, 6.45) is 3.20. The molecular weight excluding hydrogens is 268 g/mol. The van der Waals surface area contributed by atoms with E-state index < -0.39 is 0 Å². The molecule has 0 saturated carbocycles. The lowest BCUT2D eigenvalue weighted by Crippen LogP contribution is -2.42. The Hall–Kier alpha value is -1.75. The molecule has 1 aromatic rings. The van der Waals surface area contributed by atoms with E-state index in [2.05, 4.69) is 10.2 Å². The third kappa shape index (κ3) is 2.46. The highest BCUT2D eigenvalue weighted by Crippen LogP contribution is 2.35. The number of fused-ring (bicyclic) bond motifs is 2. The predicted molar refractivity (Wildman–Crippen MR) is 80.0 cm³/mol. The third-order valence-electron chi connectivity index (χ3n) is 4.52. The average molecular weight is 290 g/mol. The maximum absolute atomic E-state index is 13.0. The molecule has 2 atom stereocenters. The number of carbonyl (C=O) groups is 1. The molecule has 0 aromatic heterocycles. The van der Waals surface area contributed by atoms with Crippen LogP contribution in [-0.4, -0.2) is 50.2 Å². The summed E-state index contributed by atoms with van der Waals surface area (Å²) in [6, 6.07) is 6.11. The topological polar surface area (TPSA) is 50.8 Å². The van der Waals surface area contributed by atoms with Crippen LogP contribution in [0.25, 0.3) is 0 Å². The molecule has 2 bridgehead atoms. The first-order valence-electron chi connectivity index (χ1n) is 7.50. The number of para-hydroxylation sites is 1. The van der Waals surface area contributed by atoms with Crippen LogP contribution in [0.1, 0.15) is 29.6 Å². The highest BCUT2D eigenvalue weighted by molar-refractivity contribution is 5.98. The van der Waals surface area contributed by atoms with E-state index >= 15 is 0 Å².